The second-order valence-electron chi connectivity index (χ2n) is 5.72. The van der Waals surface area contributed by atoms with Gasteiger partial charge in [0.1, 0.15) is 24.7 Å². The molecule has 0 saturated heterocycles. The molecule has 2 aromatic carbocycles. The molecule has 0 aromatic heterocycles. The Balaban J connectivity index is 1.87. The summed E-state index contributed by atoms with van der Waals surface area (Å²) in [6.45, 7) is 4.85. The topological polar surface area (TPSA) is 55.8 Å². The number of hydrogen-bond acceptors (Lipinski definition) is 4. The monoisotopic (exact) mass is 349 g/mol. The number of benzene rings is 2. The van der Waals surface area contributed by atoms with Crippen molar-refractivity contribution in [3.63, 3.8) is 0 Å². The second-order valence-corrected chi connectivity index (χ2v) is 7.88. The molecule has 0 aliphatic heterocycles. The minimum atomic E-state index is -3.41. The van der Waals surface area contributed by atoms with Crippen LogP contribution in [0, 0.1) is 13.8 Å². The van der Waals surface area contributed by atoms with Gasteiger partial charge in [-0.15, -0.1) is 0 Å². The van der Waals surface area contributed by atoms with Gasteiger partial charge in [0.25, 0.3) is 0 Å². The number of hydrogen-bond donors (Lipinski definition) is 0. The lowest BCUT2D eigenvalue weighted by atomic mass is 10.1. The summed E-state index contributed by atoms with van der Waals surface area (Å²) >= 11 is 0. The minimum absolute atomic E-state index is 0.242. The van der Waals surface area contributed by atoms with E-state index < -0.39 is 10.0 Å². The van der Waals surface area contributed by atoms with E-state index in [1.54, 1.807) is 12.1 Å². The van der Waals surface area contributed by atoms with E-state index in [1.807, 2.05) is 26.0 Å². The summed E-state index contributed by atoms with van der Waals surface area (Å²) in [5.41, 5.74) is 2.29. The third-order valence-corrected chi connectivity index (χ3v) is 5.37. The molecule has 0 heterocycles. The highest BCUT2D eigenvalue weighted by molar-refractivity contribution is 7.89. The van der Waals surface area contributed by atoms with Gasteiger partial charge in [0.2, 0.25) is 10.0 Å². The van der Waals surface area contributed by atoms with Crippen molar-refractivity contribution in [1.29, 1.82) is 0 Å². The molecular weight excluding hydrogens is 326 g/mol. The van der Waals surface area contributed by atoms with Gasteiger partial charge in [-0.1, -0.05) is 17.7 Å². The van der Waals surface area contributed by atoms with Crippen molar-refractivity contribution in [2.75, 3.05) is 27.3 Å². The Labute approximate surface area is 143 Å². The quantitative estimate of drug-likeness (QED) is 0.721. The number of sulfonamides is 1. The van der Waals surface area contributed by atoms with Gasteiger partial charge in [-0.3, -0.25) is 0 Å². The Morgan fingerprint density at radius 3 is 2.12 bits per heavy atom. The molecule has 6 heteroatoms. The van der Waals surface area contributed by atoms with Crippen LogP contribution in [-0.2, 0) is 10.0 Å². The lowest BCUT2D eigenvalue weighted by Gasteiger charge is -2.13. The largest absolute Gasteiger partial charge is 0.490 e. The van der Waals surface area contributed by atoms with Crippen LogP contribution in [0.5, 0.6) is 11.5 Å². The summed E-state index contributed by atoms with van der Waals surface area (Å²) in [4.78, 5) is 0.242. The maximum absolute atomic E-state index is 12.0. The molecule has 0 amide bonds. The van der Waals surface area contributed by atoms with Gasteiger partial charge in [-0.2, -0.15) is 0 Å². The highest BCUT2D eigenvalue weighted by atomic mass is 32.2. The zero-order valence-corrected chi connectivity index (χ0v) is 15.3. The van der Waals surface area contributed by atoms with E-state index in [1.165, 1.54) is 36.1 Å². The molecule has 0 N–H and O–H groups in total. The predicted octanol–water partition coefficient (Wildman–Crippen LogP) is 3.01. The average molecular weight is 349 g/mol. The van der Waals surface area contributed by atoms with Gasteiger partial charge in [0.15, 0.2) is 0 Å². The number of nitrogens with zero attached hydrogens (tertiary/aromatic N) is 1. The van der Waals surface area contributed by atoms with Crippen molar-refractivity contribution >= 4 is 10.0 Å². The van der Waals surface area contributed by atoms with Crippen molar-refractivity contribution in [3.8, 4) is 11.5 Å². The number of ether oxygens (including phenoxy) is 2. The molecule has 0 atom stereocenters. The first-order valence-electron chi connectivity index (χ1n) is 7.66. The fourth-order valence-corrected chi connectivity index (χ4v) is 3.09. The second kappa shape index (κ2) is 7.68. The molecule has 0 aliphatic rings. The van der Waals surface area contributed by atoms with E-state index in [0.717, 1.165) is 11.3 Å². The lowest BCUT2D eigenvalue weighted by Crippen LogP contribution is -2.22. The highest BCUT2D eigenvalue weighted by Crippen LogP contribution is 2.20. The molecule has 5 nitrogen and oxygen atoms in total. The maximum atomic E-state index is 12.0. The minimum Gasteiger partial charge on any atom is -0.490 e. The van der Waals surface area contributed by atoms with E-state index in [0.29, 0.717) is 19.0 Å². The number of rotatable bonds is 7. The Bertz CT molecular complexity index is 783. The van der Waals surface area contributed by atoms with E-state index >= 15 is 0 Å². The van der Waals surface area contributed by atoms with E-state index in [4.69, 9.17) is 9.47 Å². The van der Waals surface area contributed by atoms with Gasteiger partial charge < -0.3 is 9.47 Å². The standard InChI is InChI=1S/C18H23NO4S/c1-14-5-10-18(15(2)13-14)23-12-11-22-16-6-8-17(9-7-16)24(20,21)19(3)4/h5-10,13H,11-12H2,1-4H3. The van der Waals surface area contributed by atoms with Gasteiger partial charge in [-0.05, 0) is 49.7 Å². The summed E-state index contributed by atoms with van der Waals surface area (Å²) in [5, 5.41) is 0. The Morgan fingerprint density at radius 2 is 1.54 bits per heavy atom. The highest BCUT2D eigenvalue weighted by Gasteiger charge is 2.16. The molecule has 0 saturated carbocycles. The smallest absolute Gasteiger partial charge is 0.242 e. The van der Waals surface area contributed by atoms with E-state index in [9.17, 15) is 8.42 Å². The van der Waals surface area contributed by atoms with Gasteiger partial charge in [-0.25, -0.2) is 12.7 Å². The van der Waals surface area contributed by atoms with Crippen LogP contribution in [0.2, 0.25) is 0 Å². The van der Waals surface area contributed by atoms with Crippen LogP contribution in [0.1, 0.15) is 11.1 Å². The van der Waals surface area contributed by atoms with Crippen molar-refractivity contribution in [3.05, 3.63) is 53.6 Å². The molecule has 24 heavy (non-hydrogen) atoms. The summed E-state index contributed by atoms with van der Waals surface area (Å²) < 4.78 is 36.4. The van der Waals surface area contributed by atoms with Crippen LogP contribution in [0.3, 0.4) is 0 Å². The van der Waals surface area contributed by atoms with Crippen LogP contribution in [0.25, 0.3) is 0 Å². The zero-order valence-electron chi connectivity index (χ0n) is 14.4. The zero-order chi connectivity index (χ0) is 17.7. The van der Waals surface area contributed by atoms with Crippen molar-refractivity contribution in [1.82, 2.24) is 4.31 Å². The van der Waals surface area contributed by atoms with Crippen LogP contribution in [-0.4, -0.2) is 40.0 Å². The first-order valence-corrected chi connectivity index (χ1v) is 9.10. The molecule has 2 rings (SSSR count). The fraction of sp³-hybridized carbons (Fsp3) is 0.333. The molecule has 2 aromatic rings. The Morgan fingerprint density at radius 1 is 0.917 bits per heavy atom. The SMILES string of the molecule is Cc1ccc(OCCOc2ccc(S(=O)(=O)N(C)C)cc2)c(C)c1. The van der Waals surface area contributed by atoms with Gasteiger partial charge in [0, 0.05) is 14.1 Å². The Hall–Kier alpha value is -2.05. The van der Waals surface area contributed by atoms with Crippen LogP contribution in [0.4, 0.5) is 0 Å². The lowest BCUT2D eigenvalue weighted by molar-refractivity contribution is 0.216. The molecule has 0 spiro atoms. The van der Waals surface area contributed by atoms with Crippen molar-refractivity contribution in [2.24, 2.45) is 0 Å². The van der Waals surface area contributed by atoms with Crippen molar-refractivity contribution in [2.45, 2.75) is 18.7 Å². The predicted molar refractivity (Wildman–Crippen MR) is 94.2 cm³/mol. The summed E-state index contributed by atoms with van der Waals surface area (Å²) in [6.07, 6.45) is 0. The summed E-state index contributed by atoms with van der Waals surface area (Å²) in [6, 6.07) is 12.4. The van der Waals surface area contributed by atoms with Crippen LogP contribution >= 0.6 is 0 Å². The van der Waals surface area contributed by atoms with Crippen LogP contribution < -0.4 is 9.47 Å². The molecular formula is C18H23NO4S. The van der Waals surface area contributed by atoms with E-state index in [2.05, 4.69) is 6.07 Å². The molecule has 0 unspecified atom stereocenters. The van der Waals surface area contributed by atoms with Crippen LogP contribution in [0.15, 0.2) is 47.4 Å². The van der Waals surface area contributed by atoms with E-state index in [-0.39, 0.29) is 4.90 Å². The molecule has 0 fully saturated rings. The molecule has 130 valence electrons. The number of aryl methyl sites for hydroxylation is 2. The van der Waals surface area contributed by atoms with Gasteiger partial charge >= 0.3 is 0 Å². The third kappa shape index (κ3) is 4.49. The molecule has 0 aliphatic carbocycles. The first-order chi connectivity index (χ1) is 11.3. The Kier molecular flexibility index (Phi) is 5.85. The molecule has 0 radical (unpaired) electrons. The fourth-order valence-electron chi connectivity index (χ4n) is 2.19. The summed E-state index contributed by atoms with van der Waals surface area (Å²) in [7, 11) is -0.402. The normalized spacial score (nSPS) is 11.5. The average Bonchev–Trinajstić information content (AvgIpc) is 2.53. The third-order valence-electron chi connectivity index (χ3n) is 3.54. The molecule has 0 bridgehead atoms. The first kappa shape index (κ1) is 18.3. The maximum Gasteiger partial charge on any atom is 0.242 e. The van der Waals surface area contributed by atoms with Gasteiger partial charge in [0.05, 0.1) is 4.90 Å². The van der Waals surface area contributed by atoms with Crippen molar-refractivity contribution < 1.29 is 17.9 Å². The summed E-state index contributed by atoms with van der Waals surface area (Å²) in [5.74, 6) is 1.45.